The quantitative estimate of drug-likeness (QED) is 0.716. The third-order valence-electron chi connectivity index (χ3n) is 5.79. The summed E-state index contributed by atoms with van der Waals surface area (Å²) in [5.41, 5.74) is 3.67. The molecule has 0 saturated carbocycles. The molecule has 1 N–H and O–H groups in total. The van der Waals surface area contributed by atoms with Crippen molar-refractivity contribution >= 4 is 11.6 Å². The average molecular weight is 393 g/mol. The molecule has 7 heteroatoms. The summed E-state index contributed by atoms with van der Waals surface area (Å²) >= 11 is 0. The molecular formula is C22H28N6O. The number of aromatic nitrogens is 4. The first-order valence-electron chi connectivity index (χ1n) is 10.3. The van der Waals surface area contributed by atoms with Crippen LogP contribution in [0.15, 0.2) is 48.9 Å². The maximum absolute atomic E-state index is 5.40. The van der Waals surface area contributed by atoms with Crippen LogP contribution < -0.4 is 5.32 Å². The van der Waals surface area contributed by atoms with Crippen LogP contribution in [0.2, 0.25) is 0 Å². The molecule has 0 bridgehead atoms. The highest BCUT2D eigenvalue weighted by molar-refractivity contribution is 5.56. The van der Waals surface area contributed by atoms with Crippen molar-refractivity contribution in [2.75, 3.05) is 31.6 Å². The van der Waals surface area contributed by atoms with Gasteiger partial charge < -0.3 is 10.1 Å². The lowest BCUT2D eigenvalue weighted by Gasteiger charge is -2.42. The van der Waals surface area contributed by atoms with Gasteiger partial charge in [0, 0.05) is 19.9 Å². The number of anilines is 2. The Hall–Kier alpha value is -2.77. The number of ether oxygens (including phenoxy) is 1. The predicted molar refractivity (Wildman–Crippen MR) is 114 cm³/mol. The molecule has 0 amide bonds. The van der Waals surface area contributed by atoms with E-state index in [0.29, 0.717) is 17.9 Å². The molecule has 5 rings (SSSR count). The van der Waals surface area contributed by atoms with Crippen molar-refractivity contribution in [2.24, 2.45) is 0 Å². The first-order valence-corrected chi connectivity index (χ1v) is 10.3. The fourth-order valence-electron chi connectivity index (χ4n) is 4.21. The molecule has 3 aromatic rings. The van der Waals surface area contributed by atoms with Crippen LogP contribution >= 0.6 is 0 Å². The number of nitrogens with zero attached hydrogens (tertiary/aromatic N) is 5. The monoisotopic (exact) mass is 392 g/mol. The number of rotatable bonds is 5. The van der Waals surface area contributed by atoms with Gasteiger partial charge in [0.2, 0.25) is 5.95 Å². The van der Waals surface area contributed by atoms with E-state index in [2.05, 4.69) is 50.4 Å². The van der Waals surface area contributed by atoms with Gasteiger partial charge in [-0.1, -0.05) is 12.1 Å². The Morgan fingerprint density at radius 3 is 2.90 bits per heavy atom. The summed E-state index contributed by atoms with van der Waals surface area (Å²) in [6.45, 7) is 6.23. The Morgan fingerprint density at radius 2 is 2.10 bits per heavy atom. The van der Waals surface area contributed by atoms with E-state index >= 15 is 0 Å². The summed E-state index contributed by atoms with van der Waals surface area (Å²) in [7, 11) is 0. The van der Waals surface area contributed by atoms with Crippen molar-refractivity contribution in [3.63, 3.8) is 0 Å². The normalized spacial score (nSPS) is 20.4. The molecule has 4 heterocycles. The van der Waals surface area contributed by atoms with Crippen LogP contribution in [0, 0.1) is 6.92 Å². The number of piperidine rings is 1. The highest BCUT2D eigenvalue weighted by Crippen LogP contribution is 2.32. The Balaban J connectivity index is 0.00000218. The van der Waals surface area contributed by atoms with E-state index in [0.717, 1.165) is 31.3 Å². The van der Waals surface area contributed by atoms with Crippen LogP contribution in [0.4, 0.5) is 11.6 Å². The SMILES string of the molecule is Cc1cc(Nc2ncn(-c3ccccn3)n2)cc(C2CCCN(C3COC3)C2)c1.[HH]. The molecule has 2 aliphatic heterocycles. The Labute approximate surface area is 172 Å². The van der Waals surface area contributed by atoms with Gasteiger partial charge in [0.15, 0.2) is 5.82 Å². The van der Waals surface area contributed by atoms with Gasteiger partial charge in [0.1, 0.15) is 6.33 Å². The lowest BCUT2D eigenvalue weighted by molar-refractivity contribution is -0.0721. The zero-order chi connectivity index (χ0) is 19.6. The van der Waals surface area contributed by atoms with E-state index in [-0.39, 0.29) is 1.43 Å². The minimum absolute atomic E-state index is 0. The van der Waals surface area contributed by atoms with Crippen LogP contribution in [0.1, 0.15) is 31.3 Å². The second-order valence-corrected chi connectivity index (χ2v) is 7.98. The largest absolute Gasteiger partial charge is 0.378 e. The third kappa shape index (κ3) is 4.02. The lowest BCUT2D eigenvalue weighted by atomic mass is 9.88. The van der Waals surface area contributed by atoms with Crippen LogP contribution in [0.3, 0.4) is 0 Å². The molecule has 1 aromatic carbocycles. The van der Waals surface area contributed by atoms with E-state index in [1.165, 1.54) is 30.5 Å². The maximum Gasteiger partial charge on any atom is 0.247 e. The fourth-order valence-corrected chi connectivity index (χ4v) is 4.21. The second-order valence-electron chi connectivity index (χ2n) is 7.98. The molecule has 0 radical (unpaired) electrons. The number of nitrogens with one attached hydrogen (secondary N) is 1. The third-order valence-corrected chi connectivity index (χ3v) is 5.79. The van der Waals surface area contributed by atoms with Gasteiger partial charge in [0.05, 0.1) is 19.3 Å². The number of pyridine rings is 1. The highest BCUT2D eigenvalue weighted by atomic mass is 16.5. The van der Waals surface area contributed by atoms with Crippen molar-refractivity contribution in [3.8, 4) is 5.82 Å². The summed E-state index contributed by atoms with van der Waals surface area (Å²) in [5, 5.41) is 7.88. The molecule has 29 heavy (non-hydrogen) atoms. The van der Waals surface area contributed by atoms with Gasteiger partial charge in [-0.15, -0.1) is 5.10 Å². The van der Waals surface area contributed by atoms with E-state index < -0.39 is 0 Å². The Bertz CT molecular complexity index is 975. The molecule has 2 fully saturated rings. The van der Waals surface area contributed by atoms with Crippen LogP contribution in [0.25, 0.3) is 5.82 Å². The van der Waals surface area contributed by atoms with Crippen molar-refractivity contribution < 1.29 is 6.16 Å². The van der Waals surface area contributed by atoms with Crippen LogP contribution in [-0.2, 0) is 4.74 Å². The number of likely N-dealkylation sites (tertiary alicyclic amines) is 1. The summed E-state index contributed by atoms with van der Waals surface area (Å²) < 4.78 is 7.07. The molecular weight excluding hydrogens is 364 g/mol. The second kappa shape index (κ2) is 7.93. The zero-order valence-electron chi connectivity index (χ0n) is 16.7. The molecule has 2 saturated heterocycles. The van der Waals surface area contributed by atoms with E-state index in [9.17, 15) is 0 Å². The van der Waals surface area contributed by atoms with E-state index in [1.807, 2.05) is 18.2 Å². The molecule has 152 valence electrons. The van der Waals surface area contributed by atoms with Gasteiger partial charge in [0.25, 0.3) is 0 Å². The van der Waals surface area contributed by atoms with Crippen LogP contribution in [0.5, 0.6) is 0 Å². The number of benzene rings is 1. The molecule has 2 aliphatic rings. The first kappa shape index (κ1) is 18.3. The number of hydrogen-bond donors (Lipinski definition) is 1. The Morgan fingerprint density at radius 1 is 1.17 bits per heavy atom. The lowest BCUT2D eigenvalue weighted by Crippen LogP contribution is -2.52. The zero-order valence-corrected chi connectivity index (χ0v) is 16.7. The maximum atomic E-state index is 5.40. The molecule has 0 spiro atoms. The highest BCUT2D eigenvalue weighted by Gasteiger charge is 2.31. The van der Waals surface area contributed by atoms with Crippen molar-refractivity contribution in [1.29, 1.82) is 0 Å². The fraction of sp³-hybridized carbons (Fsp3) is 0.409. The van der Waals surface area contributed by atoms with Crippen molar-refractivity contribution in [1.82, 2.24) is 24.6 Å². The smallest absolute Gasteiger partial charge is 0.247 e. The molecule has 1 unspecified atom stereocenters. The van der Waals surface area contributed by atoms with Gasteiger partial charge >= 0.3 is 0 Å². The number of hydrogen-bond acceptors (Lipinski definition) is 6. The average Bonchev–Trinajstić information content (AvgIpc) is 3.16. The summed E-state index contributed by atoms with van der Waals surface area (Å²) in [5.74, 6) is 1.88. The summed E-state index contributed by atoms with van der Waals surface area (Å²) in [4.78, 5) is 11.3. The molecule has 1 atom stereocenters. The van der Waals surface area contributed by atoms with Crippen molar-refractivity contribution in [2.45, 2.75) is 31.7 Å². The standard InChI is InChI=1S/C22H26N6O.H2/c1-16-9-18(17-5-4-8-27(12-17)20-13-29-14-20)11-19(10-16)25-22-24-15-28(26-22)21-6-2-3-7-23-21;/h2-3,6-7,9-11,15,17,20H,4-5,8,12-14H2,1H3,(H,25,26);1H. The molecule has 7 nitrogen and oxygen atoms in total. The van der Waals surface area contributed by atoms with Gasteiger partial charge in [-0.25, -0.2) is 9.67 Å². The first-order chi connectivity index (χ1) is 14.2. The van der Waals surface area contributed by atoms with Gasteiger partial charge in [-0.2, -0.15) is 4.98 Å². The molecule has 0 aliphatic carbocycles. The summed E-state index contributed by atoms with van der Waals surface area (Å²) in [6.07, 6.45) is 5.91. The summed E-state index contributed by atoms with van der Waals surface area (Å²) in [6, 6.07) is 13.1. The minimum atomic E-state index is 0. The predicted octanol–water partition coefficient (Wildman–Crippen LogP) is 3.54. The Kier molecular flexibility index (Phi) is 4.99. The van der Waals surface area contributed by atoms with Gasteiger partial charge in [-0.05, 0) is 67.6 Å². The van der Waals surface area contributed by atoms with E-state index in [1.54, 1.807) is 17.2 Å². The molecule has 2 aromatic heterocycles. The number of aryl methyl sites for hydroxylation is 1. The topological polar surface area (TPSA) is 68.1 Å². The minimum Gasteiger partial charge on any atom is -0.378 e. The van der Waals surface area contributed by atoms with Crippen LogP contribution in [-0.4, -0.2) is 57.0 Å². The van der Waals surface area contributed by atoms with E-state index in [4.69, 9.17) is 4.74 Å². The van der Waals surface area contributed by atoms with Crippen molar-refractivity contribution in [3.05, 3.63) is 60.0 Å². The van der Waals surface area contributed by atoms with Gasteiger partial charge in [-0.3, -0.25) is 4.90 Å².